The van der Waals surface area contributed by atoms with Crippen molar-refractivity contribution in [3.05, 3.63) is 42.0 Å². The van der Waals surface area contributed by atoms with Gasteiger partial charge in [-0.25, -0.2) is 4.68 Å². The Morgan fingerprint density at radius 3 is 2.73 bits per heavy atom. The van der Waals surface area contributed by atoms with E-state index in [1.54, 1.807) is 22.9 Å². The number of halogens is 2. The highest BCUT2D eigenvalue weighted by molar-refractivity contribution is 6.06. The number of carbonyl (C=O) groups excluding carboxylic acids is 1. The molecule has 0 aliphatic rings. The van der Waals surface area contributed by atoms with Crippen molar-refractivity contribution in [1.29, 1.82) is 0 Å². The molecular weight excluding hydrogens is 346 g/mol. The fourth-order valence-electron chi connectivity index (χ4n) is 2.49. The first-order chi connectivity index (χ1) is 12.5. The van der Waals surface area contributed by atoms with Crippen molar-refractivity contribution in [2.24, 2.45) is 0 Å². The van der Waals surface area contributed by atoms with Gasteiger partial charge in [0.1, 0.15) is 5.52 Å². The van der Waals surface area contributed by atoms with Gasteiger partial charge in [-0.15, -0.1) is 5.10 Å². The van der Waals surface area contributed by atoms with E-state index in [1.165, 1.54) is 25.3 Å². The third kappa shape index (κ3) is 3.56. The molecule has 136 valence electrons. The quantitative estimate of drug-likeness (QED) is 0.728. The summed E-state index contributed by atoms with van der Waals surface area (Å²) in [6.07, 6.45) is 0. The number of amides is 1. The molecule has 0 atom stereocenters. The van der Waals surface area contributed by atoms with E-state index in [4.69, 9.17) is 4.74 Å². The van der Waals surface area contributed by atoms with Crippen LogP contribution in [0, 0.1) is 0 Å². The van der Waals surface area contributed by atoms with E-state index in [-0.39, 0.29) is 11.5 Å². The SMILES string of the molecule is CCn1nnc2cc(C(=O)Nc3ccc(OC)c(OC(F)F)c3)ccc21. The molecule has 0 aliphatic carbocycles. The number of aryl methyl sites for hydroxylation is 1. The van der Waals surface area contributed by atoms with Crippen LogP contribution in [0.4, 0.5) is 14.5 Å². The molecule has 0 aliphatic heterocycles. The Morgan fingerprint density at radius 2 is 2.04 bits per heavy atom. The summed E-state index contributed by atoms with van der Waals surface area (Å²) in [5, 5.41) is 10.6. The number of benzene rings is 2. The summed E-state index contributed by atoms with van der Waals surface area (Å²) in [6, 6.07) is 9.25. The maximum atomic E-state index is 12.5. The Bertz CT molecular complexity index is 943. The summed E-state index contributed by atoms with van der Waals surface area (Å²) in [4.78, 5) is 12.4. The first kappa shape index (κ1) is 17.6. The Hall–Kier alpha value is -3.23. The molecule has 0 spiro atoms. The number of aromatic nitrogens is 3. The van der Waals surface area contributed by atoms with Crippen LogP contribution >= 0.6 is 0 Å². The number of methoxy groups -OCH3 is 1. The van der Waals surface area contributed by atoms with Gasteiger partial charge in [0.25, 0.3) is 5.91 Å². The smallest absolute Gasteiger partial charge is 0.387 e. The number of anilines is 1. The second-order valence-corrected chi connectivity index (χ2v) is 5.31. The lowest BCUT2D eigenvalue weighted by molar-refractivity contribution is -0.0511. The number of rotatable bonds is 6. The molecule has 1 amide bonds. The molecule has 3 aromatic rings. The third-order valence-electron chi connectivity index (χ3n) is 3.71. The zero-order valence-electron chi connectivity index (χ0n) is 14.1. The number of nitrogens with one attached hydrogen (secondary N) is 1. The molecule has 1 aromatic heterocycles. The van der Waals surface area contributed by atoms with Crippen LogP contribution in [0.5, 0.6) is 11.5 Å². The number of fused-ring (bicyclic) bond motifs is 1. The van der Waals surface area contributed by atoms with E-state index >= 15 is 0 Å². The third-order valence-corrected chi connectivity index (χ3v) is 3.71. The lowest BCUT2D eigenvalue weighted by Gasteiger charge is -2.12. The van der Waals surface area contributed by atoms with Gasteiger partial charge in [0.2, 0.25) is 0 Å². The summed E-state index contributed by atoms with van der Waals surface area (Å²) in [7, 11) is 1.34. The summed E-state index contributed by atoms with van der Waals surface area (Å²) in [6.45, 7) is -0.392. The fraction of sp³-hybridized carbons (Fsp3) is 0.235. The lowest BCUT2D eigenvalue weighted by atomic mass is 10.1. The number of hydrogen-bond donors (Lipinski definition) is 1. The first-order valence-corrected chi connectivity index (χ1v) is 7.79. The van der Waals surface area contributed by atoms with Crippen LogP contribution in [-0.2, 0) is 6.54 Å². The minimum Gasteiger partial charge on any atom is -0.493 e. The topological polar surface area (TPSA) is 78.3 Å². The molecule has 0 fully saturated rings. The number of carbonyl (C=O) groups is 1. The van der Waals surface area contributed by atoms with E-state index in [2.05, 4.69) is 20.4 Å². The van der Waals surface area contributed by atoms with Gasteiger partial charge in [-0.05, 0) is 37.3 Å². The van der Waals surface area contributed by atoms with Gasteiger partial charge in [-0.3, -0.25) is 4.79 Å². The van der Waals surface area contributed by atoms with E-state index in [9.17, 15) is 13.6 Å². The fourth-order valence-corrected chi connectivity index (χ4v) is 2.49. The van der Waals surface area contributed by atoms with Crippen molar-refractivity contribution < 1.29 is 23.0 Å². The largest absolute Gasteiger partial charge is 0.493 e. The van der Waals surface area contributed by atoms with Crippen LogP contribution in [0.15, 0.2) is 36.4 Å². The lowest BCUT2D eigenvalue weighted by Crippen LogP contribution is -2.12. The minimum atomic E-state index is -3.00. The Morgan fingerprint density at radius 1 is 1.23 bits per heavy atom. The zero-order valence-corrected chi connectivity index (χ0v) is 14.1. The van der Waals surface area contributed by atoms with Gasteiger partial charge in [0.15, 0.2) is 11.5 Å². The van der Waals surface area contributed by atoms with Gasteiger partial charge in [0.05, 0.1) is 12.6 Å². The standard InChI is InChI=1S/C17H16F2N4O3/c1-3-23-13-6-4-10(8-12(13)21-22-23)16(24)20-11-5-7-14(25-2)15(9-11)26-17(18)19/h4-9,17H,3H2,1-2H3,(H,20,24). The predicted octanol–water partition coefficient (Wildman–Crippen LogP) is 3.31. The average molecular weight is 362 g/mol. The highest BCUT2D eigenvalue weighted by atomic mass is 19.3. The van der Waals surface area contributed by atoms with Crippen LogP contribution in [0.3, 0.4) is 0 Å². The maximum absolute atomic E-state index is 12.5. The Kier molecular flexibility index (Phi) is 4.97. The zero-order chi connectivity index (χ0) is 18.7. The second-order valence-electron chi connectivity index (χ2n) is 5.31. The normalized spacial score (nSPS) is 11.0. The summed E-state index contributed by atoms with van der Waals surface area (Å²) < 4.78 is 36.1. The molecule has 0 saturated carbocycles. The molecule has 0 radical (unpaired) electrons. The summed E-state index contributed by atoms with van der Waals surface area (Å²) in [5.74, 6) is -0.436. The molecule has 0 saturated heterocycles. The summed E-state index contributed by atoms with van der Waals surface area (Å²) >= 11 is 0. The Labute approximate surface area is 147 Å². The molecule has 26 heavy (non-hydrogen) atoms. The van der Waals surface area contributed by atoms with Crippen molar-refractivity contribution in [2.45, 2.75) is 20.1 Å². The van der Waals surface area contributed by atoms with E-state index < -0.39 is 12.5 Å². The Balaban J connectivity index is 1.83. The van der Waals surface area contributed by atoms with Crippen molar-refractivity contribution in [3.63, 3.8) is 0 Å². The van der Waals surface area contributed by atoms with Crippen LogP contribution in [0.1, 0.15) is 17.3 Å². The van der Waals surface area contributed by atoms with Crippen LogP contribution in [0.2, 0.25) is 0 Å². The first-order valence-electron chi connectivity index (χ1n) is 7.79. The van der Waals surface area contributed by atoms with E-state index in [0.717, 1.165) is 5.52 Å². The van der Waals surface area contributed by atoms with Gasteiger partial charge in [0, 0.05) is 23.9 Å². The maximum Gasteiger partial charge on any atom is 0.387 e. The van der Waals surface area contributed by atoms with Crippen LogP contribution in [-0.4, -0.2) is 34.6 Å². The van der Waals surface area contributed by atoms with Gasteiger partial charge in [-0.2, -0.15) is 8.78 Å². The van der Waals surface area contributed by atoms with E-state index in [1.807, 2.05) is 6.92 Å². The molecule has 0 unspecified atom stereocenters. The highest BCUT2D eigenvalue weighted by Crippen LogP contribution is 2.31. The molecule has 7 nitrogen and oxygen atoms in total. The van der Waals surface area contributed by atoms with Gasteiger partial charge >= 0.3 is 6.61 Å². The second kappa shape index (κ2) is 7.34. The van der Waals surface area contributed by atoms with Crippen molar-refractivity contribution in [3.8, 4) is 11.5 Å². The predicted molar refractivity (Wildman–Crippen MR) is 90.8 cm³/mol. The molecule has 1 heterocycles. The summed E-state index contributed by atoms with van der Waals surface area (Å²) in [5.41, 5.74) is 2.08. The van der Waals surface area contributed by atoms with Crippen molar-refractivity contribution in [2.75, 3.05) is 12.4 Å². The molecular formula is C17H16F2N4O3. The molecule has 1 N–H and O–H groups in total. The monoisotopic (exact) mass is 362 g/mol. The molecule has 0 bridgehead atoms. The van der Waals surface area contributed by atoms with Crippen LogP contribution < -0.4 is 14.8 Å². The number of nitrogens with zero attached hydrogens (tertiary/aromatic N) is 3. The molecule has 3 rings (SSSR count). The van der Waals surface area contributed by atoms with Crippen molar-refractivity contribution >= 4 is 22.6 Å². The number of alkyl halides is 2. The van der Waals surface area contributed by atoms with Crippen molar-refractivity contribution in [1.82, 2.24) is 15.0 Å². The highest BCUT2D eigenvalue weighted by Gasteiger charge is 2.14. The molecule has 2 aromatic carbocycles. The van der Waals surface area contributed by atoms with Crippen LogP contribution in [0.25, 0.3) is 11.0 Å². The number of hydrogen-bond acceptors (Lipinski definition) is 5. The number of ether oxygens (including phenoxy) is 2. The van der Waals surface area contributed by atoms with Gasteiger partial charge in [-0.1, -0.05) is 5.21 Å². The van der Waals surface area contributed by atoms with Gasteiger partial charge < -0.3 is 14.8 Å². The minimum absolute atomic E-state index is 0.140. The van der Waals surface area contributed by atoms with E-state index in [0.29, 0.717) is 23.3 Å². The molecule has 9 heteroatoms. The average Bonchev–Trinajstić information content (AvgIpc) is 3.03.